The molecule has 1 aliphatic heterocycles. The molecule has 28 heavy (non-hydrogen) atoms. The van der Waals surface area contributed by atoms with Gasteiger partial charge in [0.2, 0.25) is 5.78 Å². The summed E-state index contributed by atoms with van der Waals surface area (Å²) in [5.74, 6) is 0.206. The Kier molecular flexibility index (Phi) is 4.71. The van der Waals surface area contributed by atoms with Crippen LogP contribution in [0, 0.1) is 0 Å². The molecule has 0 bridgehead atoms. The molecule has 6 nitrogen and oxygen atoms in total. The third-order valence-corrected chi connectivity index (χ3v) is 4.58. The van der Waals surface area contributed by atoms with Crippen LogP contribution in [0.25, 0.3) is 17.0 Å². The largest absolute Gasteiger partial charge is 0.452 e. The average molecular weight is 377 g/mol. The quantitative estimate of drug-likeness (QED) is 0.384. The Balaban J connectivity index is 1.65. The first-order valence-electron chi connectivity index (χ1n) is 8.96. The molecular weight excluding hydrogens is 358 g/mol. The number of ether oxygens (including phenoxy) is 3. The van der Waals surface area contributed by atoms with Crippen LogP contribution in [0.5, 0.6) is 11.5 Å². The molecule has 4 rings (SSSR count). The molecule has 0 saturated heterocycles. The molecular formula is C22H19NO5. The van der Waals surface area contributed by atoms with Crippen molar-refractivity contribution in [3.63, 3.8) is 0 Å². The van der Waals surface area contributed by atoms with Crippen LogP contribution in [0.1, 0.15) is 22.8 Å². The molecule has 0 unspecified atom stereocenters. The summed E-state index contributed by atoms with van der Waals surface area (Å²) in [7, 11) is 1.42. The molecule has 3 aromatic rings. The number of allylic oxidation sites excluding steroid dienone is 1. The highest BCUT2D eigenvalue weighted by molar-refractivity contribution is 6.15. The fourth-order valence-electron chi connectivity index (χ4n) is 3.30. The zero-order chi connectivity index (χ0) is 19.7. The Morgan fingerprint density at radius 1 is 1.21 bits per heavy atom. The number of carbonyl (C=O) groups excluding carboxylic acids is 2. The van der Waals surface area contributed by atoms with Crippen LogP contribution in [-0.2, 0) is 16.1 Å². The predicted octanol–water partition coefficient (Wildman–Crippen LogP) is 3.83. The molecule has 0 N–H and O–H groups in total. The van der Waals surface area contributed by atoms with E-state index in [-0.39, 0.29) is 18.1 Å². The SMILES string of the molecule is CCn1cc(/C=C2\Oc3cc(OC(=O)COC)ccc3C2=O)c2ccccc21. The summed E-state index contributed by atoms with van der Waals surface area (Å²) >= 11 is 0. The fraction of sp³-hybridized carbons (Fsp3) is 0.182. The van der Waals surface area contributed by atoms with E-state index in [0.29, 0.717) is 17.1 Å². The maximum atomic E-state index is 12.7. The van der Waals surface area contributed by atoms with Crippen LogP contribution in [0.15, 0.2) is 54.4 Å². The van der Waals surface area contributed by atoms with Gasteiger partial charge in [0.15, 0.2) is 5.76 Å². The van der Waals surface area contributed by atoms with Crippen molar-refractivity contribution in [3.05, 3.63) is 65.5 Å². The zero-order valence-electron chi connectivity index (χ0n) is 15.6. The minimum Gasteiger partial charge on any atom is -0.452 e. The number of para-hydroxylation sites is 1. The second-order valence-corrected chi connectivity index (χ2v) is 6.39. The summed E-state index contributed by atoms with van der Waals surface area (Å²) in [6.45, 7) is 2.75. The van der Waals surface area contributed by atoms with Crippen molar-refractivity contribution in [1.82, 2.24) is 4.57 Å². The van der Waals surface area contributed by atoms with Crippen LogP contribution in [0.2, 0.25) is 0 Å². The summed E-state index contributed by atoms with van der Waals surface area (Å²) < 4.78 is 17.8. The summed E-state index contributed by atoms with van der Waals surface area (Å²) in [4.78, 5) is 24.3. The van der Waals surface area contributed by atoms with Gasteiger partial charge in [-0.3, -0.25) is 4.79 Å². The lowest BCUT2D eigenvalue weighted by molar-refractivity contribution is -0.138. The second-order valence-electron chi connectivity index (χ2n) is 6.39. The van der Waals surface area contributed by atoms with Crippen LogP contribution in [0.4, 0.5) is 0 Å². The lowest BCUT2D eigenvalue weighted by Crippen LogP contribution is -2.14. The summed E-state index contributed by atoms with van der Waals surface area (Å²) in [5, 5.41) is 1.05. The Morgan fingerprint density at radius 3 is 2.82 bits per heavy atom. The smallest absolute Gasteiger partial charge is 0.337 e. The van der Waals surface area contributed by atoms with Gasteiger partial charge >= 0.3 is 5.97 Å². The highest BCUT2D eigenvalue weighted by atomic mass is 16.6. The maximum absolute atomic E-state index is 12.7. The van der Waals surface area contributed by atoms with Gasteiger partial charge in [-0.15, -0.1) is 0 Å². The summed E-state index contributed by atoms with van der Waals surface area (Å²) in [6, 6.07) is 12.7. The number of hydrogen-bond acceptors (Lipinski definition) is 5. The maximum Gasteiger partial charge on any atom is 0.337 e. The van der Waals surface area contributed by atoms with E-state index in [0.717, 1.165) is 23.0 Å². The fourth-order valence-corrected chi connectivity index (χ4v) is 3.30. The zero-order valence-corrected chi connectivity index (χ0v) is 15.6. The van der Waals surface area contributed by atoms with Gasteiger partial charge in [-0.1, -0.05) is 18.2 Å². The van der Waals surface area contributed by atoms with E-state index in [1.165, 1.54) is 13.2 Å². The van der Waals surface area contributed by atoms with Gasteiger partial charge in [-0.25, -0.2) is 4.79 Å². The molecule has 0 spiro atoms. The minimum absolute atomic E-state index is 0.149. The van der Waals surface area contributed by atoms with Gasteiger partial charge in [0, 0.05) is 42.4 Å². The normalized spacial score (nSPS) is 14.4. The molecule has 1 aromatic heterocycles. The molecule has 1 aliphatic rings. The van der Waals surface area contributed by atoms with Crippen molar-refractivity contribution >= 4 is 28.7 Å². The third-order valence-electron chi connectivity index (χ3n) is 4.58. The van der Waals surface area contributed by atoms with Crippen LogP contribution < -0.4 is 9.47 Å². The van der Waals surface area contributed by atoms with Crippen LogP contribution in [-0.4, -0.2) is 30.0 Å². The number of benzene rings is 2. The Hall–Kier alpha value is -3.38. The van der Waals surface area contributed by atoms with Crippen molar-refractivity contribution < 1.29 is 23.8 Å². The number of Topliss-reactive ketones (excluding diaryl/α,β-unsaturated/α-hetero) is 1. The van der Waals surface area contributed by atoms with E-state index in [4.69, 9.17) is 14.2 Å². The van der Waals surface area contributed by atoms with Gasteiger partial charge in [0.1, 0.15) is 18.1 Å². The van der Waals surface area contributed by atoms with E-state index < -0.39 is 5.97 Å². The molecule has 2 aromatic carbocycles. The lowest BCUT2D eigenvalue weighted by Gasteiger charge is -2.04. The monoisotopic (exact) mass is 377 g/mol. The third kappa shape index (κ3) is 3.18. The number of esters is 1. The van der Waals surface area contributed by atoms with Gasteiger partial charge in [-0.2, -0.15) is 0 Å². The minimum atomic E-state index is -0.519. The summed E-state index contributed by atoms with van der Waals surface area (Å²) in [5.41, 5.74) is 2.46. The van der Waals surface area contributed by atoms with Gasteiger partial charge in [0.05, 0.1) is 5.56 Å². The number of aromatic nitrogens is 1. The first-order valence-corrected chi connectivity index (χ1v) is 8.96. The number of ketones is 1. The van der Waals surface area contributed by atoms with Crippen molar-refractivity contribution in [2.75, 3.05) is 13.7 Å². The highest BCUT2D eigenvalue weighted by Crippen LogP contribution is 2.35. The molecule has 0 fully saturated rings. The van der Waals surface area contributed by atoms with E-state index >= 15 is 0 Å². The number of nitrogens with zero attached hydrogens (tertiary/aromatic N) is 1. The molecule has 2 heterocycles. The molecule has 6 heteroatoms. The highest BCUT2D eigenvalue weighted by Gasteiger charge is 2.28. The first-order chi connectivity index (χ1) is 13.6. The number of methoxy groups -OCH3 is 1. The average Bonchev–Trinajstić information content (AvgIpc) is 3.20. The Morgan fingerprint density at radius 2 is 2.04 bits per heavy atom. The predicted molar refractivity (Wildman–Crippen MR) is 105 cm³/mol. The van der Waals surface area contributed by atoms with Crippen molar-refractivity contribution in [2.45, 2.75) is 13.5 Å². The van der Waals surface area contributed by atoms with Crippen molar-refractivity contribution in [2.24, 2.45) is 0 Å². The number of hydrogen-bond donors (Lipinski definition) is 0. The van der Waals surface area contributed by atoms with Crippen molar-refractivity contribution in [1.29, 1.82) is 0 Å². The first kappa shape index (κ1) is 18.0. The van der Waals surface area contributed by atoms with Crippen LogP contribution in [0.3, 0.4) is 0 Å². The molecule has 142 valence electrons. The Bertz CT molecular complexity index is 1110. The Labute approximate surface area is 161 Å². The lowest BCUT2D eigenvalue weighted by atomic mass is 10.1. The number of rotatable bonds is 5. The van der Waals surface area contributed by atoms with Gasteiger partial charge in [-0.05, 0) is 31.2 Å². The molecule has 0 saturated carbocycles. The summed E-state index contributed by atoms with van der Waals surface area (Å²) in [6.07, 6.45) is 3.77. The second kappa shape index (κ2) is 7.32. The van der Waals surface area contributed by atoms with Gasteiger partial charge in [0.25, 0.3) is 0 Å². The molecule has 0 atom stereocenters. The standard InChI is InChI=1S/C22H19NO5/c1-3-23-12-14(16-6-4-5-7-18(16)23)10-20-22(25)17-9-8-15(11-19(17)28-20)27-21(24)13-26-2/h4-12H,3,13H2,1-2H3/b20-10-. The number of carbonyl (C=O) groups is 2. The topological polar surface area (TPSA) is 66.8 Å². The van der Waals surface area contributed by atoms with E-state index in [1.807, 2.05) is 30.5 Å². The molecule has 0 radical (unpaired) electrons. The van der Waals surface area contributed by atoms with Crippen LogP contribution >= 0.6 is 0 Å². The van der Waals surface area contributed by atoms with Crippen molar-refractivity contribution in [3.8, 4) is 11.5 Å². The number of aryl methyl sites for hydroxylation is 1. The van der Waals surface area contributed by atoms with Gasteiger partial charge < -0.3 is 18.8 Å². The molecule has 0 amide bonds. The van der Waals surface area contributed by atoms with E-state index in [2.05, 4.69) is 11.5 Å². The van der Waals surface area contributed by atoms with E-state index in [1.54, 1.807) is 18.2 Å². The molecule has 0 aliphatic carbocycles. The van der Waals surface area contributed by atoms with E-state index in [9.17, 15) is 9.59 Å². The number of fused-ring (bicyclic) bond motifs is 2.